The van der Waals surface area contributed by atoms with Gasteiger partial charge in [-0.1, -0.05) is 12.1 Å². The lowest BCUT2D eigenvalue weighted by Crippen LogP contribution is -2.34. The molecule has 7 nitrogen and oxygen atoms in total. The monoisotopic (exact) mass is 377 g/mol. The van der Waals surface area contributed by atoms with Crippen LogP contribution in [0.1, 0.15) is 16.1 Å². The van der Waals surface area contributed by atoms with Crippen LogP contribution in [-0.4, -0.2) is 38.1 Å². The molecule has 0 aliphatic carbocycles. The van der Waals surface area contributed by atoms with Crippen LogP contribution in [0.2, 0.25) is 0 Å². The van der Waals surface area contributed by atoms with E-state index in [0.717, 1.165) is 28.3 Å². The summed E-state index contributed by atoms with van der Waals surface area (Å²) in [4.78, 5) is 21.0. The highest BCUT2D eigenvalue weighted by molar-refractivity contribution is 7.13. The quantitative estimate of drug-likeness (QED) is 0.591. The van der Waals surface area contributed by atoms with Crippen LogP contribution in [0.3, 0.4) is 0 Å². The summed E-state index contributed by atoms with van der Waals surface area (Å²) < 4.78 is 7.70. The third-order valence-corrected chi connectivity index (χ3v) is 5.26. The van der Waals surface area contributed by atoms with E-state index in [9.17, 15) is 4.79 Å². The van der Waals surface area contributed by atoms with Gasteiger partial charge in [-0.15, -0.1) is 11.3 Å². The van der Waals surface area contributed by atoms with E-state index < -0.39 is 0 Å². The first-order valence-corrected chi connectivity index (χ1v) is 9.43. The summed E-state index contributed by atoms with van der Waals surface area (Å²) in [6.45, 7) is 0.409. The molecule has 134 valence electrons. The van der Waals surface area contributed by atoms with Gasteiger partial charge < -0.3 is 10.1 Å². The number of amides is 1. The molecule has 0 saturated heterocycles. The van der Waals surface area contributed by atoms with E-state index in [1.54, 1.807) is 46.6 Å². The second-order valence-electron chi connectivity index (χ2n) is 6.24. The van der Waals surface area contributed by atoms with Crippen molar-refractivity contribution in [3.8, 4) is 16.3 Å². The van der Waals surface area contributed by atoms with Gasteiger partial charge in [0.1, 0.15) is 16.9 Å². The number of nitrogens with zero attached hydrogens (tertiary/aromatic N) is 4. The lowest BCUT2D eigenvalue weighted by Gasteiger charge is -2.12. The Hall–Kier alpha value is -3.26. The zero-order valence-corrected chi connectivity index (χ0v) is 15.0. The fourth-order valence-electron chi connectivity index (χ4n) is 3.22. The van der Waals surface area contributed by atoms with E-state index in [1.165, 1.54) is 0 Å². The zero-order chi connectivity index (χ0) is 18.2. The Bertz CT molecular complexity index is 1090. The molecule has 1 aliphatic heterocycles. The number of hydrogen-bond donors (Lipinski definition) is 1. The van der Waals surface area contributed by atoms with Gasteiger partial charge in [-0.05, 0) is 17.7 Å². The number of para-hydroxylation sites is 1. The second kappa shape index (κ2) is 6.48. The summed E-state index contributed by atoms with van der Waals surface area (Å²) in [6.07, 6.45) is 5.86. The van der Waals surface area contributed by atoms with Crippen molar-refractivity contribution in [3.63, 3.8) is 0 Å². The Labute approximate surface area is 158 Å². The number of hydrogen-bond acceptors (Lipinski definition) is 6. The molecular weight excluding hydrogens is 362 g/mol. The first-order chi connectivity index (χ1) is 13.3. The third-order valence-electron chi connectivity index (χ3n) is 4.45. The Morgan fingerprint density at radius 3 is 3.11 bits per heavy atom. The normalized spacial score (nSPS) is 15.5. The van der Waals surface area contributed by atoms with Crippen molar-refractivity contribution in [2.75, 3.05) is 6.54 Å². The number of aromatic nitrogens is 4. The molecule has 1 N–H and O–H groups in total. The van der Waals surface area contributed by atoms with Gasteiger partial charge in [0, 0.05) is 36.5 Å². The Balaban J connectivity index is 1.28. The molecule has 0 radical (unpaired) electrons. The van der Waals surface area contributed by atoms with E-state index in [0.29, 0.717) is 17.9 Å². The Morgan fingerprint density at radius 2 is 2.26 bits per heavy atom. The van der Waals surface area contributed by atoms with Gasteiger partial charge >= 0.3 is 0 Å². The first kappa shape index (κ1) is 16.0. The highest BCUT2D eigenvalue weighted by Crippen LogP contribution is 2.39. The number of benzene rings is 1. The summed E-state index contributed by atoms with van der Waals surface area (Å²) in [5.41, 5.74) is 3.12. The second-order valence-corrected chi connectivity index (χ2v) is 7.13. The SMILES string of the molecule is O=C(NCC1Cc2cccc(-c3nccs3)c2O1)c1cc2ncccn2n1. The minimum Gasteiger partial charge on any atom is -0.487 e. The van der Waals surface area contributed by atoms with E-state index in [-0.39, 0.29) is 12.0 Å². The molecule has 5 rings (SSSR count). The van der Waals surface area contributed by atoms with E-state index in [2.05, 4.69) is 26.4 Å². The van der Waals surface area contributed by atoms with Crippen LogP contribution in [0.4, 0.5) is 0 Å². The maximum Gasteiger partial charge on any atom is 0.272 e. The van der Waals surface area contributed by atoms with Crippen molar-refractivity contribution in [3.05, 3.63) is 65.6 Å². The number of thiazole rings is 1. The van der Waals surface area contributed by atoms with Crippen molar-refractivity contribution in [2.24, 2.45) is 0 Å². The van der Waals surface area contributed by atoms with Crippen molar-refractivity contribution in [2.45, 2.75) is 12.5 Å². The summed E-state index contributed by atoms with van der Waals surface area (Å²) in [5.74, 6) is 0.629. The van der Waals surface area contributed by atoms with Crippen LogP contribution in [0.25, 0.3) is 16.2 Å². The number of carbonyl (C=O) groups excluding carboxylic acids is 1. The molecule has 8 heteroatoms. The number of nitrogens with one attached hydrogen (secondary N) is 1. The molecule has 0 fully saturated rings. The maximum absolute atomic E-state index is 12.4. The average molecular weight is 377 g/mol. The van der Waals surface area contributed by atoms with Gasteiger partial charge in [0.25, 0.3) is 5.91 Å². The van der Waals surface area contributed by atoms with Crippen molar-refractivity contribution < 1.29 is 9.53 Å². The van der Waals surface area contributed by atoms with E-state index in [1.807, 2.05) is 17.5 Å². The minimum atomic E-state index is -0.236. The predicted molar refractivity (Wildman–Crippen MR) is 101 cm³/mol. The van der Waals surface area contributed by atoms with Crippen molar-refractivity contribution >= 4 is 22.9 Å². The van der Waals surface area contributed by atoms with Crippen LogP contribution in [0.15, 0.2) is 54.3 Å². The van der Waals surface area contributed by atoms with Gasteiger partial charge in [-0.25, -0.2) is 14.5 Å². The zero-order valence-electron chi connectivity index (χ0n) is 14.2. The van der Waals surface area contributed by atoms with E-state index in [4.69, 9.17) is 4.74 Å². The summed E-state index contributed by atoms with van der Waals surface area (Å²) >= 11 is 1.58. The van der Waals surface area contributed by atoms with Gasteiger partial charge in [0.05, 0.1) is 12.1 Å². The Kier molecular flexibility index (Phi) is 3.83. The highest BCUT2D eigenvalue weighted by Gasteiger charge is 2.27. The number of carbonyl (C=O) groups is 1. The molecule has 1 aliphatic rings. The van der Waals surface area contributed by atoms with Crippen molar-refractivity contribution in [1.29, 1.82) is 0 Å². The molecule has 0 spiro atoms. The maximum atomic E-state index is 12.4. The molecular formula is C19H15N5O2S. The lowest BCUT2D eigenvalue weighted by atomic mass is 10.1. The minimum absolute atomic E-state index is 0.111. The molecule has 4 heterocycles. The smallest absolute Gasteiger partial charge is 0.272 e. The summed E-state index contributed by atoms with van der Waals surface area (Å²) in [6, 6.07) is 9.53. The summed E-state index contributed by atoms with van der Waals surface area (Å²) in [5, 5.41) is 10.0. The fraction of sp³-hybridized carbons (Fsp3) is 0.158. The van der Waals surface area contributed by atoms with Gasteiger partial charge in [0.15, 0.2) is 11.3 Å². The molecule has 0 saturated carbocycles. The number of rotatable bonds is 4. The van der Waals surface area contributed by atoms with Crippen LogP contribution in [0.5, 0.6) is 5.75 Å². The molecule has 1 atom stereocenters. The molecule has 3 aromatic heterocycles. The van der Waals surface area contributed by atoms with Crippen LogP contribution in [-0.2, 0) is 6.42 Å². The van der Waals surface area contributed by atoms with Gasteiger partial charge in [-0.2, -0.15) is 5.10 Å². The van der Waals surface area contributed by atoms with Crippen LogP contribution in [0, 0.1) is 0 Å². The van der Waals surface area contributed by atoms with E-state index >= 15 is 0 Å². The topological polar surface area (TPSA) is 81.4 Å². The standard InChI is InChI=1S/C19H15N5O2S/c25-18(15-10-16-20-5-2-7-24(16)23-15)22-11-13-9-12-3-1-4-14(17(12)26-13)19-21-6-8-27-19/h1-8,10,13H,9,11H2,(H,22,25). The molecule has 27 heavy (non-hydrogen) atoms. The van der Waals surface area contributed by atoms with Crippen molar-refractivity contribution in [1.82, 2.24) is 24.9 Å². The third kappa shape index (κ3) is 2.93. The number of fused-ring (bicyclic) bond motifs is 2. The fourth-order valence-corrected chi connectivity index (χ4v) is 3.88. The van der Waals surface area contributed by atoms with Gasteiger partial charge in [-0.3, -0.25) is 4.79 Å². The molecule has 0 bridgehead atoms. The largest absolute Gasteiger partial charge is 0.487 e. The summed E-state index contributed by atoms with van der Waals surface area (Å²) in [7, 11) is 0. The predicted octanol–water partition coefficient (Wildman–Crippen LogP) is 2.59. The lowest BCUT2D eigenvalue weighted by molar-refractivity contribution is 0.0928. The average Bonchev–Trinajstić information content (AvgIpc) is 3.44. The molecule has 4 aromatic rings. The van der Waals surface area contributed by atoms with Crippen LogP contribution >= 0.6 is 11.3 Å². The molecule has 1 aromatic carbocycles. The Morgan fingerprint density at radius 1 is 1.30 bits per heavy atom. The molecule has 1 amide bonds. The molecule has 1 unspecified atom stereocenters. The van der Waals surface area contributed by atoms with Crippen LogP contribution < -0.4 is 10.1 Å². The highest BCUT2D eigenvalue weighted by atomic mass is 32.1. The van der Waals surface area contributed by atoms with Gasteiger partial charge in [0.2, 0.25) is 0 Å². The number of ether oxygens (including phenoxy) is 1. The first-order valence-electron chi connectivity index (χ1n) is 8.55.